The van der Waals surface area contributed by atoms with Crippen molar-refractivity contribution in [2.45, 2.75) is 0 Å². The molecule has 4 heteroatoms. The van der Waals surface area contributed by atoms with E-state index < -0.39 is 4.94 Å². The fourth-order valence-electron chi connectivity index (χ4n) is 0.130. The summed E-state index contributed by atoms with van der Waals surface area (Å²) in [5, 5.41) is 3.03. The summed E-state index contributed by atoms with van der Waals surface area (Å²) in [4.78, 5) is 9.42. The minimum atomic E-state index is -0.407. The molecule has 1 heterocycles. The maximum absolute atomic E-state index is 9.83. The van der Waals surface area contributed by atoms with E-state index >= 15 is 0 Å². The second kappa shape index (κ2) is 1.22. The molecule has 0 aliphatic heterocycles. The van der Waals surface area contributed by atoms with Crippen molar-refractivity contribution in [3.63, 3.8) is 0 Å². The molecule has 0 N–H and O–H groups in total. The summed E-state index contributed by atoms with van der Waals surface area (Å²) in [6, 6.07) is 0. The van der Waals surface area contributed by atoms with Crippen molar-refractivity contribution in [2.75, 3.05) is 0 Å². The quantitative estimate of drug-likeness (QED) is 0.459. The number of nitrogens with zero attached hydrogens (tertiary/aromatic N) is 1. The van der Waals surface area contributed by atoms with Crippen LogP contribution in [0.25, 0.3) is 0 Å². The zero-order chi connectivity index (χ0) is 4.41. The lowest BCUT2D eigenvalue weighted by molar-refractivity contribution is 0.393. The molecule has 0 aromatic carbocycles. The van der Waals surface area contributed by atoms with E-state index in [1.54, 1.807) is 0 Å². The molecule has 31 valence electrons. The lowest BCUT2D eigenvalue weighted by Crippen LogP contribution is -1.79. The molecule has 1 aromatic rings. The van der Waals surface area contributed by atoms with Crippen molar-refractivity contribution in [3.8, 4) is 0 Å². The first-order valence-corrected chi connectivity index (χ1v) is 2.04. The van der Waals surface area contributed by atoms with E-state index in [1.807, 2.05) is 0 Å². The van der Waals surface area contributed by atoms with Crippen LogP contribution in [0, 0.1) is 5.51 Å². The van der Waals surface area contributed by atoms with Gasteiger partial charge in [-0.2, -0.15) is 0 Å². The summed E-state index contributed by atoms with van der Waals surface area (Å²) in [5.74, 6) is 0. The second-order valence-electron chi connectivity index (χ2n) is 0.626. The van der Waals surface area contributed by atoms with Crippen LogP contribution in [-0.2, 0) is 0 Å². The summed E-state index contributed by atoms with van der Waals surface area (Å²) in [5.41, 5.74) is 2.24. The smallest absolute Gasteiger partial charge is 0.302 e. The van der Waals surface area contributed by atoms with Gasteiger partial charge in [-0.3, -0.25) is 0 Å². The SMILES string of the molecule is O=c1on[c]s1. The van der Waals surface area contributed by atoms with Crippen molar-refractivity contribution in [2.24, 2.45) is 0 Å². The predicted octanol–water partition coefficient (Wildman–Crippen LogP) is -0.104. The van der Waals surface area contributed by atoms with Gasteiger partial charge in [0.2, 0.25) is 5.51 Å². The first-order valence-electron chi connectivity index (χ1n) is 1.22. The summed E-state index contributed by atoms with van der Waals surface area (Å²) >= 11 is 0.819. The zero-order valence-electron chi connectivity index (χ0n) is 2.67. The van der Waals surface area contributed by atoms with Gasteiger partial charge in [0.05, 0.1) is 0 Å². The van der Waals surface area contributed by atoms with Gasteiger partial charge in [-0.25, -0.2) is 4.79 Å². The van der Waals surface area contributed by atoms with Gasteiger partial charge in [0.1, 0.15) is 0 Å². The van der Waals surface area contributed by atoms with E-state index in [9.17, 15) is 4.79 Å². The van der Waals surface area contributed by atoms with E-state index in [0.717, 1.165) is 11.3 Å². The van der Waals surface area contributed by atoms with Gasteiger partial charge in [0, 0.05) is 0 Å². The summed E-state index contributed by atoms with van der Waals surface area (Å²) < 4.78 is 3.99. The average Bonchev–Trinajstić information content (AvgIpc) is 1.86. The summed E-state index contributed by atoms with van der Waals surface area (Å²) in [6.07, 6.45) is 0. The molecule has 0 spiro atoms. The molecule has 0 unspecified atom stereocenters. The Morgan fingerprint density at radius 2 is 2.83 bits per heavy atom. The molecule has 0 aliphatic carbocycles. The normalized spacial score (nSPS) is 8.67. The van der Waals surface area contributed by atoms with E-state index in [-0.39, 0.29) is 0 Å². The Morgan fingerprint density at radius 3 is 3.00 bits per heavy atom. The van der Waals surface area contributed by atoms with Gasteiger partial charge in [-0.1, -0.05) is 5.16 Å². The van der Waals surface area contributed by atoms with Crippen molar-refractivity contribution in [1.29, 1.82) is 0 Å². The van der Waals surface area contributed by atoms with Crippen LogP contribution < -0.4 is 4.94 Å². The Labute approximate surface area is 37.2 Å². The minimum Gasteiger partial charge on any atom is -0.302 e. The highest BCUT2D eigenvalue weighted by Crippen LogP contribution is 1.73. The highest BCUT2D eigenvalue weighted by Gasteiger charge is 1.79. The molecule has 0 saturated carbocycles. The van der Waals surface area contributed by atoms with E-state index in [0.29, 0.717) is 0 Å². The van der Waals surface area contributed by atoms with Crippen molar-refractivity contribution >= 4 is 11.3 Å². The van der Waals surface area contributed by atoms with Crippen molar-refractivity contribution in [1.82, 2.24) is 5.16 Å². The molecule has 0 amide bonds. The molecule has 0 bridgehead atoms. The maximum Gasteiger partial charge on any atom is 0.418 e. The second-order valence-corrected chi connectivity index (χ2v) is 1.35. The highest BCUT2D eigenvalue weighted by molar-refractivity contribution is 7.06. The van der Waals surface area contributed by atoms with E-state index in [4.69, 9.17) is 0 Å². The van der Waals surface area contributed by atoms with Crippen LogP contribution in [-0.4, -0.2) is 5.16 Å². The largest absolute Gasteiger partial charge is 0.418 e. The fraction of sp³-hybridized carbons (Fsp3) is 0. The maximum atomic E-state index is 9.83. The number of hydrogen-bond donors (Lipinski definition) is 0. The van der Waals surface area contributed by atoms with Crippen LogP contribution in [0.3, 0.4) is 0 Å². The zero-order valence-corrected chi connectivity index (χ0v) is 3.49. The van der Waals surface area contributed by atoms with Crippen LogP contribution in [0.4, 0.5) is 0 Å². The minimum absolute atomic E-state index is 0.407. The molecule has 0 saturated heterocycles. The number of rotatable bonds is 0. The van der Waals surface area contributed by atoms with Crippen LogP contribution in [0.5, 0.6) is 0 Å². The highest BCUT2D eigenvalue weighted by atomic mass is 32.1. The molecule has 1 radical (unpaired) electrons. The lowest BCUT2D eigenvalue weighted by atomic mass is 11.7. The molecule has 3 nitrogen and oxygen atoms in total. The standard InChI is InChI=1S/C2NO2S/c4-2-5-3-1-6-2. The Hall–Kier alpha value is -0.640. The van der Waals surface area contributed by atoms with Gasteiger partial charge >= 0.3 is 4.94 Å². The summed E-state index contributed by atoms with van der Waals surface area (Å²) in [7, 11) is 0. The number of aromatic nitrogens is 1. The molecular weight excluding hydrogens is 102 g/mol. The van der Waals surface area contributed by atoms with Crippen LogP contribution in [0.2, 0.25) is 0 Å². The summed E-state index contributed by atoms with van der Waals surface area (Å²) in [6.45, 7) is 0. The van der Waals surface area contributed by atoms with Gasteiger partial charge in [-0.15, -0.1) is 0 Å². The lowest BCUT2D eigenvalue weighted by Gasteiger charge is -1.46. The molecule has 1 aromatic heterocycles. The molecule has 0 atom stereocenters. The topological polar surface area (TPSA) is 43.1 Å². The third-order valence-corrected chi connectivity index (χ3v) is 0.693. The van der Waals surface area contributed by atoms with Crippen LogP contribution in [0.1, 0.15) is 0 Å². The third-order valence-electron chi connectivity index (χ3n) is 0.286. The van der Waals surface area contributed by atoms with E-state index in [2.05, 4.69) is 15.2 Å². The Bertz CT molecular complexity index is 149. The Kier molecular flexibility index (Phi) is 0.719. The monoisotopic (exact) mass is 102 g/mol. The van der Waals surface area contributed by atoms with Crippen molar-refractivity contribution in [3.05, 3.63) is 15.2 Å². The molecule has 1 rings (SSSR count). The number of hydrogen-bond acceptors (Lipinski definition) is 4. The average molecular weight is 102 g/mol. The third kappa shape index (κ3) is 0.463. The van der Waals surface area contributed by atoms with Gasteiger partial charge in [0.15, 0.2) is 0 Å². The van der Waals surface area contributed by atoms with Gasteiger partial charge < -0.3 is 4.52 Å². The molecule has 6 heavy (non-hydrogen) atoms. The van der Waals surface area contributed by atoms with Crippen LogP contribution in [0.15, 0.2) is 9.32 Å². The van der Waals surface area contributed by atoms with Crippen LogP contribution >= 0.6 is 11.3 Å². The molecule has 0 fully saturated rings. The first kappa shape index (κ1) is 3.55. The molecule has 0 aliphatic rings. The Balaban J connectivity index is 3.41. The van der Waals surface area contributed by atoms with E-state index in [1.165, 1.54) is 0 Å². The first-order chi connectivity index (χ1) is 2.89. The fourth-order valence-corrected chi connectivity index (χ4v) is 0.354. The Morgan fingerprint density at radius 1 is 2.00 bits per heavy atom. The van der Waals surface area contributed by atoms with Gasteiger partial charge in [0.25, 0.3) is 0 Å². The van der Waals surface area contributed by atoms with Gasteiger partial charge in [-0.05, 0) is 11.3 Å². The molecular formula is C2NO2S. The van der Waals surface area contributed by atoms with Crippen molar-refractivity contribution < 1.29 is 4.52 Å². The predicted molar refractivity (Wildman–Crippen MR) is 19.5 cm³/mol.